The molecule has 1 aromatic heterocycles. The topological polar surface area (TPSA) is 86.4 Å². The van der Waals surface area contributed by atoms with Crippen LogP contribution in [0.2, 0.25) is 0 Å². The molecule has 2 amide bonds. The van der Waals surface area contributed by atoms with Crippen molar-refractivity contribution in [3.05, 3.63) is 17.5 Å². The van der Waals surface area contributed by atoms with E-state index < -0.39 is 0 Å². The third-order valence-corrected chi connectivity index (χ3v) is 6.23. The molecule has 0 bridgehead atoms. The molecule has 1 aromatic rings. The van der Waals surface area contributed by atoms with E-state index >= 15 is 0 Å². The lowest BCUT2D eigenvalue weighted by atomic mass is 9.80. The number of rotatable bonds is 3. The van der Waals surface area contributed by atoms with Gasteiger partial charge in [0.25, 0.3) is 0 Å². The van der Waals surface area contributed by atoms with Crippen molar-refractivity contribution in [2.45, 2.75) is 50.7 Å². The van der Waals surface area contributed by atoms with Crippen LogP contribution in [-0.4, -0.2) is 70.5 Å². The van der Waals surface area contributed by atoms with Crippen molar-refractivity contribution < 1.29 is 9.53 Å². The molecular weight excluding hydrogens is 344 g/mol. The van der Waals surface area contributed by atoms with Gasteiger partial charge in [-0.25, -0.2) is 4.79 Å². The van der Waals surface area contributed by atoms with Gasteiger partial charge in [-0.15, -0.1) is 0 Å². The van der Waals surface area contributed by atoms with Crippen molar-refractivity contribution in [1.82, 2.24) is 24.9 Å². The highest BCUT2D eigenvalue weighted by molar-refractivity contribution is 5.74. The zero-order chi connectivity index (χ0) is 18.7. The maximum Gasteiger partial charge on any atom is 0.317 e. The Morgan fingerprint density at radius 3 is 2.74 bits per heavy atom. The second kappa shape index (κ2) is 7.87. The Hall–Kier alpha value is -2.11. The standard InChI is InChI=1S/C19H28N6O2/c20-13-16-12-17-14-23(6-7-25(17)22-16)18(26)21-15-19(4-2-1-3-5-19)24-8-10-27-11-9-24/h12H,1-11,14-15H2,(H,21,26). The third-order valence-electron chi connectivity index (χ3n) is 6.23. The lowest BCUT2D eigenvalue weighted by Crippen LogP contribution is -2.60. The highest BCUT2D eigenvalue weighted by Crippen LogP contribution is 2.34. The van der Waals surface area contributed by atoms with Gasteiger partial charge in [-0.05, 0) is 18.9 Å². The molecule has 1 N–H and O–H groups in total. The highest BCUT2D eigenvalue weighted by Gasteiger charge is 2.39. The minimum absolute atomic E-state index is 0.0147. The van der Waals surface area contributed by atoms with Crippen LogP contribution in [0.4, 0.5) is 4.79 Å². The van der Waals surface area contributed by atoms with Gasteiger partial charge in [-0.2, -0.15) is 10.4 Å². The van der Waals surface area contributed by atoms with Crippen molar-refractivity contribution >= 4 is 6.03 Å². The molecule has 3 aliphatic rings. The zero-order valence-corrected chi connectivity index (χ0v) is 15.8. The molecule has 0 spiro atoms. The first-order valence-electron chi connectivity index (χ1n) is 10.0. The van der Waals surface area contributed by atoms with Crippen molar-refractivity contribution in [1.29, 1.82) is 5.26 Å². The van der Waals surface area contributed by atoms with E-state index in [0.29, 0.717) is 31.9 Å². The minimum Gasteiger partial charge on any atom is -0.379 e. The van der Waals surface area contributed by atoms with Gasteiger partial charge in [0.05, 0.1) is 32.0 Å². The number of nitrogens with zero attached hydrogens (tertiary/aromatic N) is 5. The number of carbonyl (C=O) groups excluding carboxylic acids is 1. The molecule has 2 aliphatic heterocycles. The van der Waals surface area contributed by atoms with Crippen LogP contribution in [0.25, 0.3) is 0 Å². The molecule has 1 saturated heterocycles. The van der Waals surface area contributed by atoms with E-state index in [1.807, 2.05) is 9.58 Å². The van der Waals surface area contributed by atoms with Crippen molar-refractivity contribution in [2.75, 3.05) is 39.4 Å². The van der Waals surface area contributed by atoms with Gasteiger partial charge in [-0.3, -0.25) is 9.58 Å². The highest BCUT2D eigenvalue weighted by atomic mass is 16.5. The fraction of sp³-hybridized carbons (Fsp3) is 0.737. The van der Waals surface area contributed by atoms with Crippen molar-refractivity contribution in [2.24, 2.45) is 0 Å². The predicted molar refractivity (Wildman–Crippen MR) is 99.0 cm³/mol. The number of amides is 2. The Bertz CT molecular complexity index is 712. The van der Waals surface area contributed by atoms with E-state index in [9.17, 15) is 4.79 Å². The van der Waals surface area contributed by atoms with Crippen LogP contribution in [0.5, 0.6) is 0 Å². The molecule has 0 unspecified atom stereocenters. The normalized spacial score (nSPS) is 22.7. The summed E-state index contributed by atoms with van der Waals surface area (Å²) in [5, 5.41) is 16.5. The molecule has 8 nitrogen and oxygen atoms in total. The maximum atomic E-state index is 12.8. The van der Waals surface area contributed by atoms with E-state index in [1.165, 1.54) is 19.3 Å². The van der Waals surface area contributed by atoms with Gasteiger partial charge in [0.15, 0.2) is 5.69 Å². The number of hydrogen-bond donors (Lipinski definition) is 1. The summed E-state index contributed by atoms with van der Waals surface area (Å²) < 4.78 is 7.36. The van der Waals surface area contributed by atoms with Crippen LogP contribution in [-0.2, 0) is 17.8 Å². The summed E-state index contributed by atoms with van der Waals surface area (Å²) in [6.07, 6.45) is 6.04. The van der Waals surface area contributed by atoms with E-state index in [0.717, 1.165) is 44.8 Å². The number of nitriles is 1. The Morgan fingerprint density at radius 1 is 1.22 bits per heavy atom. The number of carbonyl (C=O) groups is 1. The minimum atomic E-state index is -0.0147. The largest absolute Gasteiger partial charge is 0.379 e. The van der Waals surface area contributed by atoms with Crippen LogP contribution in [0.15, 0.2) is 6.07 Å². The van der Waals surface area contributed by atoms with Crippen LogP contribution in [0.3, 0.4) is 0 Å². The summed E-state index contributed by atoms with van der Waals surface area (Å²) in [4.78, 5) is 17.2. The summed E-state index contributed by atoms with van der Waals surface area (Å²) >= 11 is 0. The lowest BCUT2D eigenvalue weighted by Gasteiger charge is -2.48. The number of urea groups is 1. The lowest BCUT2D eigenvalue weighted by molar-refractivity contribution is -0.0361. The number of morpholine rings is 1. The summed E-state index contributed by atoms with van der Waals surface area (Å²) in [5.41, 5.74) is 1.41. The van der Waals surface area contributed by atoms with Crippen LogP contribution in [0, 0.1) is 11.3 Å². The van der Waals surface area contributed by atoms with Crippen LogP contribution >= 0.6 is 0 Å². The van der Waals surface area contributed by atoms with Crippen molar-refractivity contribution in [3.8, 4) is 6.07 Å². The smallest absolute Gasteiger partial charge is 0.317 e. The molecule has 1 saturated carbocycles. The summed E-state index contributed by atoms with van der Waals surface area (Å²) in [5.74, 6) is 0. The van der Waals surface area contributed by atoms with Gasteiger partial charge in [0, 0.05) is 31.7 Å². The first-order valence-corrected chi connectivity index (χ1v) is 10.0. The predicted octanol–water partition coefficient (Wildman–Crippen LogP) is 1.32. The van der Waals surface area contributed by atoms with E-state index in [2.05, 4.69) is 21.4 Å². The molecule has 3 heterocycles. The molecule has 4 rings (SSSR count). The van der Waals surface area contributed by atoms with E-state index in [1.54, 1.807) is 6.07 Å². The van der Waals surface area contributed by atoms with Gasteiger partial charge in [0.1, 0.15) is 6.07 Å². The Morgan fingerprint density at radius 2 is 2.00 bits per heavy atom. The molecule has 27 heavy (non-hydrogen) atoms. The first-order chi connectivity index (χ1) is 13.2. The van der Waals surface area contributed by atoms with Gasteiger partial charge < -0.3 is 15.0 Å². The van der Waals surface area contributed by atoms with Gasteiger partial charge in [-0.1, -0.05) is 19.3 Å². The number of hydrogen-bond acceptors (Lipinski definition) is 5. The zero-order valence-electron chi connectivity index (χ0n) is 15.8. The average Bonchev–Trinajstić information content (AvgIpc) is 3.16. The average molecular weight is 372 g/mol. The number of fused-ring (bicyclic) bond motifs is 1. The second-order valence-corrected chi connectivity index (χ2v) is 7.82. The van der Waals surface area contributed by atoms with Crippen LogP contribution < -0.4 is 5.32 Å². The molecule has 0 aromatic carbocycles. The SMILES string of the molecule is N#Cc1cc2n(n1)CCN(C(=O)NCC1(N3CCOCC3)CCCCC1)C2. The molecule has 0 radical (unpaired) electrons. The summed E-state index contributed by atoms with van der Waals surface area (Å²) in [7, 11) is 0. The summed E-state index contributed by atoms with van der Waals surface area (Å²) in [6.45, 7) is 5.94. The maximum absolute atomic E-state index is 12.8. The van der Waals surface area contributed by atoms with E-state index in [4.69, 9.17) is 10.00 Å². The summed E-state index contributed by atoms with van der Waals surface area (Å²) in [6, 6.07) is 3.83. The van der Waals surface area contributed by atoms with E-state index in [-0.39, 0.29) is 11.6 Å². The Labute approximate surface area is 160 Å². The number of ether oxygens (including phenoxy) is 1. The number of nitrogens with one attached hydrogen (secondary N) is 1. The molecular formula is C19H28N6O2. The fourth-order valence-corrected chi connectivity index (χ4v) is 4.70. The quantitative estimate of drug-likeness (QED) is 0.865. The Balaban J connectivity index is 1.39. The third kappa shape index (κ3) is 3.80. The first kappa shape index (κ1) is 18.3. The molecule has 146 valence electrons. The molecule has 1 aliphatic carbocycles. The monoisotopic (exact) mass is 372 g/mol. The molecule has 2 fully saturated rings. The molecule has 0 atom stereocenters. The number of aromatic nitrogens is 2. The fourth-order valence-electron chi connectivity index (χ4n) is 4.70. The molecule has 8 heteroatoms. The van der Waals surface area contributed by atoms with Crippen molar-refractivity contribution in [3.63, 3.8) is 0 Å². The second-order valence-electron chi connectivity index (χ2n) is 7.82. The van der Waals surface area contributed by atoms with Crippen LogP contribution in [0.1, 0.15) is 43.5 Å². The van der Waals surface area contributed by atoms with Gasteiger partial charge in [0.2, 0.25) is 0 Å². The van der Waals surface area contributed by atoms with Gasteiger partial charge >= 0.3 is 6.03 Å². The Kier molecular flexibility index (Phi) is 5.32.